The fourth-order valence-corrected chi connectivity index (χ4v) is 4.27. The molecule has 0 atom stereocenters. The fourth-order valence-electron chi connectivity index (χ4n) is 4.27. The summed E-state index contributed by atoms with van der Waals surface area (Å²) < 4.78 is 7.93. The number of rotatable bonds is 9. The van der Waals surface area contributed by atoms with Crippen LogP contribution < -0.4 is 10.2 Å². The number of nitrogens with zero attached hydrogens (tertiary/aromatic N) is 2. The maximum absolute atomic E-state index is 12.6. The molecule has 1 heterocycles. The molecular formula is C33H27N3O4. The normalized spacial score (nSPS) is 10.9. The van der Waals surface area contributed by atoms with Gasteiger partial charge in [-0.1, -0.05) is 42.5 Å². The first-order valence-electron chi connectivity index (χ1n) is 12.7. The number of aromatic nitrogens is 1. The third kappa shape index (κ3) is 6.16. The lowest BCUT2D eigenvalue weighted by molar-refractivity contribution is 0.0696. The van der Waals surface area contributed by atoms with Crippen LogP contribution in [0.1, 0.15) is 37.5 Å². The molecule has 0 bridgehead atoms. The number of aryl methyl sites for hydroxylation is 1. The smallest absolute Gasteiger partial charge is 0.335 e. The lowest BCUT2D eigenvalue weighted by Crippen LogP contribution is -2.17. The molecule has 0 radical (unpaired) electrons. The Hall–Kier alpha value is -5.43. The molecule has 0 spiro atoms. The second kappa shape index (κ2) is 12.0. The monoisotopic (exact) mass is 529 g/mol. The van der Waals surface area contributed by atoms with E-state index in [9.17, 15) is 9.59 Å². The molecule has 1 amide bonds. The SMILES string of the molecule is Cc1ccc(-c2ccccc2)n1-c1ccc(C(=O)N/N=C/c2ccc(OCc3ccc(C(=O)O)cc3)cc2)cc1. The third-order valence-electron chi connectivity index (χ3n) is 6.40. The highest BCUT2D eigenvalue weighted by atomic mass is 16.5. The molecule has 5 rings (SSSR count). The van der Waals surface area contributed by atoms with Gasteiger partial charge in [-0.3, -0.25) is 4.79 Å². The Morgan fingerprint density at radius 1 is 0.825 bits per heavy atom. The summed E-state index contributed by atoms with van der Waals surface area (Å²) in [6.45, 7) is 2.38. The van der Waals surface area contributed by atoms with Crippen molar-refractivity contribution in [1.82, 2.24) is 9.99 Å². The van der Waals surface area contributed by atoms with E-state index in [1.54, 1.807) is 54.7 Å². The van der Waals surface area contributed by atoms with Gasteiger partial charge < -0.3 is 14.4 Å². The zero-order valence-electron chi connectivity index (χ0n) is 21.8. The van der Waals surface area contributed by atoms with Crippen LogP contribution in [-0.2, 0) is 6.61 Å². The summed E-state index contributed by atoms with van der Waals surface area (Å²) in [4.78, 5) is 23.6. The predicted octanol–water partition coefficient (Wildman–Crippen LogP) is 6.49. The van der Waals surface area contributed by atoms with Gasteiger partial charge in [0.2, 0.25) is 0 Å². The van der Waals surface area contributed by atoms with E-state index in [2.05, 4.69) is 46.3 Å². The number of hydrazone groups is 1. The number of carbonyl (C=O) groups is 2. The largest absolute Gasteiger partial charge is 0.489 e. The summed E-state index contributed by atoms with van der Waals surface area (Å²) in [5.41, 5.74) is 9.27. The number of benzene rings is 4. The molecule has 4 aromatic carbocycles. The van der Waals surface area contributed by atoms with Gasteiger partial charge in [0.05, 0.1) is 17.5 Å². The van der Waals surface area contributed by atoms with Crippen LogP contribution in [-0.4, -0.2) is 27.8 Å². The van der Waals surface area contributed by atoms with E-state index in [4.69, 9.17) is 9.84 Å². The maximum Gasteiger partial charge on any atom is 0.335 e. The molecule has 0 aliphatic rings. The quantitative estimate of drug-likeness (QED) is 0.169. The van der Waals surface area contributed by atoms with Crippen molar-refractivity contribution >= 4 is 18.1 Å². The molecule has 2 N–H and O–H groups in total. The Kier molecular flexibility index (Phi) is 7.83. The fraction of sp³-hybridized carbons (Fsp3) is 0.0606. The Morgan fingerprint density at radius 2 is 1.50 bits per heavy atom. The van der Waals surface area contributed by atoms with Crippen molar-refractivity contribution in [3.05, 3.63) is 143 Å². The molecule has 7 nitrogen and oxygen atoms in total. The van der Waals surface area contributed by atoms with Crippen LogP contribution in [0, 0.1) is 6.92 Å². The van der Waals surface area contributed by atoms with Crippen LogP contribution in [0.15, 0.2) is 120 Å². The van der Waals surface area contributed by atoms with E-state index in [1.807, 2.05) is 42.5 Å². The topological polar surface area (TPSA) is 92.9 Å². The molecular weight excluding hydrogens is 502 g/mol. The van der Waals surface area contributed by atoms with E-state index in [0.717, 1.165) is 33.8 Å². The highest BCUT2D eigenvalue weighted by Gasteiger charge is 2.11. The number of nitrogens with one attached hydrogen (secondary N) is 1. The summed E-state index contributed by atoms with van der Waals surface area (Å²) in [7, 11) is 0. The molecule has 198 valence electrons. The van der Waals surface area contributed by atoms with Crippen molar-refractivity contribution in [1.29, 1.82) is 0 Å². The zero-order valence-corrected chi connectivity index (χ0v) is 21.8. The average Bonchev–Trinajstić information content (AvgIpc) is 3.38. The summed E-state index contributed by atoms with van der Waals surface area (Å²) in [5.74, 6) is -0.597. The van der Waals surface area contributed by atoms with Crippen LogP contribution in [0.4, 0.5) is 0 Å². The molecule has 7 heteroatoms. The molecule has 0 unspecified atom stereocenters. The Bertz CT molecular complexity index is 1640. The first-order chi connectivity index (χ1) is 19.5. The number of amides is 1. The standard InChI is InChI=1S/C33H27N3O4/c1-23-7-20-31(26-5-3-2-4-6-26)36(23)29-16-14-27(15-17-29)32(37)35-34-21-24-10-18-30(19-11-24)40-22-25-8-12-28(13-9-25)33(38)39/h2-21H,22H2,1H3,(H,35,37)(H,38,39)/b34-21+. The van der Waals surface area contributed by atoms with Gasteiger partial charge in [0.1, 0.15) is 12.4 Å². The van der Waals surface area contributed by atoms with E-state index in [0.29, 0.717) is 17.9 Å². The van der Waals surface area contributed by atoms with Crippen LogP contribution in [0.3, 0.4) is 0 Å². The number of aromatic carboxylic acids is 1. The minimum absolute atomic E-state index is 0.237. The van der Waals surface area contributed by atoms with Crippen LogP contribution in [0.2, 0.25) is 0 Å². The summed E-state index contributed by atoms with van der Waals surface area (Å²) in [6.07, 6.45) is 1.57. The van der Waals surface area contributed by atoms with Gasteiger partial charge in [-0.25, -0.2) is 10.2 Å². The number of hydrogen-bond donors (Lipinski definition) is 2. The first kappa shape index (κ1) is 26.2. The Morgan fingerprint density at radius 3 is 2.17 bits per heavy atom. The van der Waals surface area contributed by atoms with Crippen LogP contribution >= 0.6 is 0 Å². The summed E-state index contributed by atoms with van der Waals surface area (Å²) >= 11 is 0. The van der Waals surface area contributed by atoms with Gasteiger partial charge in [0.15, 0.2) is 0 Å². The molecule has 0 aliphatic heterocycles. The highest BCUT2D eigenvalue weighted by Crippen LogP contribution is 2.26. The van der Waals surface area contributed by atoms with E-state index in [-0.39, 0.29) is 11.5 Å². The van der Waals surface area contributed by atoms with Gasteiger partial charge in [-0.2, -0.15) is 5.10 Å². The van der Waals surface area contributed by atoms with Crippen molar-refractivity contribution in [2.24, 2.45) is 5.10 Å². The maximum atomic E-state index is 12.6. The van der Waals surface area contributed by atoms with Crippen molar-refractivity contribution < 1.29 is 19.4 Å². The van der Waals surface area contributed by atoms with E-state index < -0.39 is 5.97 Å². The second-order valence-electron chi connectivity index (χ2n) is 9.17. The summed E-state index contributed by atoms with van der Waals surface area (Å²) in [6, 6.07) is 35.6. The van der Waals surface area contributed by atoms with E-state index >= 15 is 0 Å². The Balaban J connectivity index is 1.16. The number of hydrogen-bond acceptors (Lipinski definition) is 4. The van der Waals surface area contributed by atoms with Gasteiger partial charge in [-0.05, 0) is 96.4 Å². The van der Waals surface area contributed by atoms with Gasteiger partial charge >= 0.3 is 5.97 Å². The molecule has 40 heavy (non-hydrogen) atoms. The van der Waals surface area contributed by atoms with Gasteiger partial charge in [0.25, 0.3) is 5.91 Å². The predicted molar refractivity (Wildman–Crippen MR) is 155 cm³/mol. The van der Waals surface area contributed by atoms with Crippen LogP contribution in [0.5, 0.6) is 5.75 Å². The zero-order chi connectivity index (χ0) is 27.9. The average molecular weight is 530 g/mol. The van der Waals surface area contributed by atoms with Crippen molar-refractivity contribution in [3.63, 3.8) is 0 Å². The minimum atomic E-state index is -0.959. The minimum Gasteiger partial charge on any atom is -0.489 e. The number of carboxylic acid groups (broad SMARTS) is 1. The number of carboxylic acids is 1. The molecule has 5 aromatic rings. The summed E-state index contributed by atoms with van der Waals surface area (Å²) in [5, 5.41) is 13.1. The van der Waals surface area contributed by atoms with Crippen LogP contribution in [0.25, 0.3) is 16.9 Å². The van der Waals surface area contributed by atoms with Crippen molar-refractivity contribution in [2.75, 3.05) is 0 Å². The second-order valence-corrected chi connectivity index (χ2v) is 9.17. The third-order valence-corrected chi connectivity index (χ3v) is 6.40. The van der Waals surface area contributed by atoms with Gasteiger partial charge in [0, 0.05) is 16.9 Å². The molecule has 0 saturated carbocycles. The molecule has 0 saturated heterocycles. The number of carbonyl (C=O) groups excluding carboxylic acids is 1. The first-order valence-corrected chi connectivity index (χ1v) is 12.7. The highest BCUT2D eigenvalue weighted by molar-refractivity contribution is 5.95. The molecule has 0 fully saturated rings. The Labute approximate surface area is 232 Å². The van der Waals surface area contributed by atoms with Crippen molar-refractivity contribution in [3.8, 4) is 22.7 Å². The number of ether oxygens (including phenoxy) is 1. The lowest BCUT2D eigenvalue weighted by atomic mass is 10.1. The molecule has 0 aliphatic carbocycles. The lowest BCUT2D eigenvalue weighted by Gasteiger charge is -2.12. The molecule has 1 aromatic heterocycles. The van der Waals surface area contributed by atoms with E-state index in [1.165, 1.54) is 0 Å². The van der Waals surface area contributed by atoms with Crippen molar-refractivity contribution in [2.45, 2.75) is 13.5 Å². The van der Waals surface area contributed by atoms with Gasteiger partial charge in [-0.15, -0.1) is 0 Å².